The molecule has 0 aliphatic carbocycles. The fraction of sp³-hybridized carbons (Fsp3) is 0.0833. The molecular weight excluding hydrogens is 264 g/mol. The third kappa shape index (κ3) is 1.58. The number of fused-ring (bicyclic) bond motifs is 1. The minimum atomic E-state index is -1.94. The number of aliphatic carboxylic acids is 1. The van der Waals surface area contributed by atoms with Crippen LogP contribution in [0.4, 0.5) is 0 Å². The highest BCUT2D eigenvalue weighted by atomic mass is 16.4. The van der Waals surface area contributed by atoms with Gasteiger partial charge in [-0.1, -0.05) is 30.3 Å². The predicted molar refractivity (Wildman–Crippen MR) is 65.8 cm³/mol. The Morgan fingerprint density at radius 3 is 2.45 bits per heavy atom. The molecule has 8 nitrogen and oxygen atoms in total. The zero-order valence-corrected chi connectivity index (χ0v) is 9.95. The van der Waals surface area contributed by atoms with Crippen LogP contribution in [0.3, 0.4) is 0 Å². The summed E-state index contributed by atoms with van der Waals surface area (Å²) in [5.41, 5.74) is -3.32. The van der Waals surface area contributed by atoms with Gasteiger partial charge in [0.15, 0.2) is 10.8 Å². The minimum absolute atomic E-state index is 0.134. The number of hydrogen-bond acceptors (Lipinski definition) is 5. The van der Waals surface area contributed by atoms with Crippen molar-refractivity contribution in [3.8, 4) is 0 Å². The summed E-state index contributed by atoms with van der Waals surface area (Å²) in [6, 6.07) is 8.08. The average molecular weight is 272 g/mol. The van der Waals surface area contributed by atoms with E-state index in [9.17, 15) is 19.5 Å². The van der Waals surface area contributed by atoms with Crippen LogP contribution in [0.1, 0.15) is 5.56 Å². The number of aromatic nitrogens is 2. The van der Waals surface area contributed by atoms with Crippen molar-refractivity contribution in [2.45, 2.75) is 5.66 Å². The van der Waals surface area contributed by atoms with Crippen molar-refractivity contribution in [2.24, 2.45) is 9.98 Å². The number of carbonyl (C=O) groups is 1. The molecule has 1 atom stereocenters. The van der Waals surface area contributed by atoms with Gasteiger partial charge in [0.05, 0.1) is 0 Å². The largest absolute Gasteiger partial charge is 0.478 e. The van der Waals surface area contributed by atoms with Crippen LogP contribution >= 0.6 is 0 Å². The number of carboxylic acids is 1. The normalized spacial score (nSPS) is 19.8. The Balaban J connectivity index is 2.41. The van der Waals surface area contributed by atoms with E-state index in [0.717, 1.165) is 0 Å². The Kier molecular flexibility index (Phi) is 2.40. The third-order valence-corrected chi connectivity index (χ3v) is 2.92. The molecule has 2 aromatic rings. The average Bonchev–Trinajstić information content (AvgIpc) is 2.81. The molecular formula is C12H8N4O4. The van der Waals surface area contributed by atoms with E-state index in [2.05, 4.69) is 15.0 Å². The number of nitrogens with zero attached hydrogens (tertiary/aromatic N) is 2. The van der Waals surface area contributed by atoms with Crippen molar-refractivity contribution < 1.29 is 9.90 Å². The first kappa shape index (κ1) is 12.0. The van der Waals surface area contributed by atoms with Gasteiger partial charge in [0.2, 0.25) is 0 Å². The van der Waals surface area contributed by atoms with Gasteiger partial charge in [-0.15, -0.1) is 0 Å². The summed E-state index contributed by atoms with van der Waals surface area (Å²) < 4.78 is 0. The van der Waals surface area contributed by atoms with Gasteiger partial charge in [0, 0.05) is 5.56 Å². The van der Waals surface area contributed by atoms with Crippen LogP contribution in [0.2, 0.25) is 0 Å². The van der Waals surface area contributed by atoms with Crippen molar-refractivity contribution >= 4 is 5.97 Å². The maximum Gasteiger partial charge on any atom is 0.359 e. The van der Waals surface area contributed by atoms with Gasteiger partial charge in [-0.2, -0.15) is 0 Å². The summed E-state index contributed by atoms with van der Waals surface area (Å²) >= 11 is 0. The molecule has 0 amide bonds. The molecule has 0 fully saturated rings. The molecule has 1 unspecified atom stereocenters. The number of hydrogen-bond donors (Lipinski definition) is 3. The maximum atomic E-state index is 11.7. The van der Waals surface area contributed by atoms with Crippen LogP contribution in [0.15, 0.2) is 49.9 Å². The molecule has 3 rings (SSSR count). The fourth-order valence-corrected chi connectivity index (χ4v) is 2.02. The van der Waals surface area contributed by atoms with E-state index in [-0.39, 0.29) is 10.8 Å². The van der Waals surface area contributed by atoms with Crippen LogP contribution < -0.4 is 22.1 Å². The Hall–Kier alpha value is -3.03. The molecule has 0 saturated heterocycles. The second kappa shape index (κ2) is 3.98. The Bertz CT molecular complexity index is 928. The van der Waals surface area contributed by atoms with Crippen LogP contribution in [0.5, 0.6) is 0 Å². The number of benzene rings is 1. The van der Waals surface area contributed by atoms with Crippen LogP contribution in [0, 0.1) is 0 Å². The highest BCUT2D eigenvalue weighted by Crippen LogP contribution is 2.27. The van der Waals surface area contributed by atoms with E-state index in [1.54, 1.807) is 30.3 Å². The summed E-state index contributed by atoms with van der Waals surface area (Å²) in [6.07, 6.45) is 0. The number of carboxylic acid groups (broad SMARTS) is 1. The molecule has 0 radical (unpaired) electrons. The molecule has 8 heteroatoms. The molecule has 3 N–H and O–H groups in total. The summed E-state index contributed by atoms with van der Waals surface area (Å²) in [7, 11) is 0. The first-order valence-electron chi connectivity index (χ1n) is 5.64. The van der Waals surface area contributed by atoms with Gasteiger partial charge in [-0.05, 0) is 0 Å². The molecule has 0 bridgehead atoms. The number of H-pyrrole nitrogens is 2. The Morgan fingerprint density at radius 2 is 1.80 bits per heavy atom. The van der Waals surface area contributed by atoms with Gasteiger partial charge in [0.25, 0.3) is 11.2 Å². The first-order chi connectivity index (χ1) is 9.53. The molecule has 0 saturated carbocycles. The van der Waals surface area contributed by atoms with Crippen molar-refractivity contribution in [1.29, 1.82) is 0 Å². The van der Waals surface area contributed by atoms with Crippen molar-refractivity contribution in [3.05, 3.63) is 67.6 Å². The molecule has 20 heavy (non-hydrogen) atoms. The Labute approximate surface area is 110 Å². The van der Waals surface area contributed by atoms with E-state index in [4.69, 9.17) is 0 Å². The zero-order valence-electron chi connectivity index (χ0n) is 9.95. The second-order valence-corrected chi connectivity index (χ2v) is 4.17. The van der Waals surface area contributed by atoms with Crippen molar-refractivity contribution in [3.63, 3.8) is 0 Å². The maximum absolute atomic E-state index is 11.7. The fourth-order valence-electron chi connectivity index (χ4n) is 2.02. The quantitative estimate of drug-likeness (QED) is 0.599. The first-order valence-corrected chi connectivity index (χ1v) is 5.64. The second-order valence-electron chi connectivity index (χ2n) is 4.17. The highest BCUT2D eigenvalue weighted by molar-refractivity contribution is 5.81. The van der Waals surface area contributed by atoms with Gasteiger partial charge >= 0.3 is 11.7 Å². The minimum Gasteiger partial charge on any atom is -0.478 e. The molecule has 2 heterocycles. The third-order valence-electron chi connectivity index (χ3n) is 2.92. The highest BCUT2D eigenvalue weighted by Gasteiger charge is 2.42. The topological polar surface area (TPSA) is 128 Å². The lowest BCUT2D eigenvalue weighted by Crippen LogP contribution is -2.46. The molecule has 1 aromatic carbocycles. The van der Waals surface area contributed by atoms with Gasteiger partial charge in [-0.25, -0.2) is 19.6 Å². The summed E-state index contributed by atoms with van der Waals surface area (Å²) in [6.45, 7) is 0. The van der Waals surface area contributed by atoms with Crippen molar-refractivity contribution in [2.75, 3.05) is 0 Å². The van der Waals surface area contributed by atoms with Crippen molar-refractivity contribution in [1.82, 2.24) is 9.97 Å². The smallest absolute Gasteiger partial charge is 0.359 e. The summed E-state index contributed by atoms with van der Waals surface area (Å²) in [4.78, 5) is 46.6. The lowest BCUT2D eigenvalue weighted by Gasteiger charge is -2.17. The molecule has 1 aliphatic rings. The predicted octanol–water partition coefficient (Wildman–Crippen LogP) is -1.75. The van der Waals surface area contributed by atoms with Crippen LogP contribution in [0.25, 0.3) is 0 Å². The molecule has 100 valence electrons. The molecule has 1 aromatic heterocycles. The van der Waals surface area contributed by atoms with E-state index in [1.165, 1.54) is 0 Å². The van der Waals surface area contributed by atoms with E-state index >= 15 is 0 Å². The van der Waals surface area contributed by atoms with Gasteiger partial charge < -0.3 is 5.11 Å². The monoisotopic (exact) mass is 272 g/mol. The number of aromatic amines is 2. The number of rotatable bonds is 2. The summed E-state index contributed by atoms with van der Waals surface area (Å²) in [5.74, 6) is -1.33. The SMILES string of the molecule is O=C(O)C1(c2ccccc2)N=c2[nH]c(=O)[nH]c(=O)c2=N1. The van der Waals surface area contributed by atoms with E-state index in [1.807, 2.05) is 4.98 Å². The van der Waals surface area contributed by atoms with E-state index < -0.39 is 22.9 Å². The molecule has 1 aliphatic heterocycles. The standard InChI is InChI=1S/C12H8N4O4/c17-9-7-8(13-11(20)14-9)16-12(15-7,10(18)19)6-4-2-1-3-5-6/h1-5H,(H,18,19)(H2,13,14,16,17,20). The Morgan fingerprint density at radius 1 is 1.10 bits per heavy atom. The lowest BCUT2D eigenvalue weighted by molar-refractivity contribution is -0.143. The van der Waals surface area contributed by atoms with Crippen LogP contribution in [-0.2, 0) is 10.5 Å². The van der Waals surface area contributed by atoms with Gasteiger partial charge in [0.1, 0.15) is 0 Å². The lowest BCUT2D eigenvalue weighted by atomic mass is 10.0. The zero-order chi connectivity index (χ0) is 14.3. The number of nitrogens with one attached hydrogen (secondary N) is 2. The van der Waals surface area contributed by atoms with E-state index in [0.29, 0.717) is 5.56 Å². The van der Waals surface area contributed by atoms with Gasteiger partial charge in [-0.3, -0.25) is 14.8 Å². The molecule has 0 spiro atoms. The summed E-state index contributed by atoms with van der Waals surface area (Å²) in [5, 5.41) is 9.26. The van der Waals surface area contributed by atoms with Crippen LogP contribution in [-0.4, -0.2) is 21.0 Å².